The van der Waals surface area contributed by atoms with E-state index in [2.05, 4.69) is 15.9 Å². The molecule has 0 radical (unpaired) electrons. The van der Waals surface area contributed by atoms with Gasteiger partial charge < -0.3 is 0 Å². The van der Waals surface area contributed by atoms with E-state index in [4.69, 9.17) is 0 Å². The molecule has 1 rings (SSSR count). The van der Waals surface area contributed by atoms with E-state index in [1.165, 1.54) is 6.07 Å². The molecule has 0 spiro atoms. The third-order valence-corrected chi connectivity index (χ3v) is 1.84. The first kappa shape index (κ1) is 14.2. The molecule has 0 unspecified atom stereocenters. The van der Waals surface area contributed by atoms with Crippen molar-refractivity contribution < 1.29 is 18.0 Å². The van der Waals surface area contributed by atoms with Crippen molar-refractivity contribution in [3.05, 3.63) is 33.8 Å². The Bertz CT molecular complexity index is 334. The van der Waals surface area contributed by atoms with Crippen molar-refractivity contribution in [2.75, 3.05) is 0 Å². The third kappa shape index (κ3) is 4.46. The molecule has 0 bridgehead atoms. The Morgan fingerprint density at radius 3 is 2.13 bits per heavy atom. The van der Waals surface area contributed by atoms with Gasteiger partial charge in [-0.05, 0) is 18.2 Å². The lowest BCUT2D eigenvalue weighted by molar-refractivity contribution is -0.137. The maximum Gasteiger partial charge on any atom is 0.416 e. The Balaban J connectivity index is 0.000000921. The maximum absolute atomic E-state index is 12.1. The van der Waals surface area contributed by atoms with Gasteiger partial charge >= 0.3 is 6.18 Å². The second kappa shape index (κ2) is 5.90. The number of halogens is 4. The van der Waals surface area contributed by atoms with E-state index in [0.717, 1.165) is 12.1 Å². The minimum Gasteiger partial charge on any atom is -0.298 e. The lowest BCUT2D eigenvalue weighted by Gasteiger charge is -2.07. The zero-order valence-electron chi connectivity index (χ0n) is 8.23. The van der Waals surface area contributed by atoms with E-state index < -0.39 is 11.7 Å². The summed E-state index contributed by atoms with van der Waals surface area (Å²) in [5.41, 5.74) is -0.828. The minimum absolute atomic E-state index is 0.00157. The molecule has 0 amide bonds. The fourth-order valence-electron chi connectivity index (χ4n) is 0.844. The van der Waals surface area contributed by atoms with E-state index in [1.807, 2.05) is 13.8 Å². The maximum atomic E-state index is 12.1. The van der Waals surface area contributed by atoms with Gasteiger partial charge in [-0.2, -0.15) is 13.2 Å². The molecule has 1 aromatic rings. The van der Waals surface area contributed by atoms with Crippen LogP contribution in [0.4, 0.5) is 13.2 Å². The molecule has 1 nitrogen and oxygen atoms in total. The molecule has 1 aromatic carbocycles. The summed E-state index contributed by atoms with van der Waals surface area (Å²) in [5.74, 6) is 0. The summed E-state index contributed by atoms with van der Waals surface area (Å²) < 4.78 is 36.7. The molecule has 0 saturated heterocycles. The monoisotopic (exact) mass is 282 g/mol. The number of hydrogen-bond donors (Lipinski definition) is 0. The molecular formula is C10H10BrF3O. The van der Waals surface area contributed by atoms with E-state index in [9.17, 15) is 18.0 Å². The predicted octanol–water partition coefficient (Wildman–Crippen LogP) is 4.31. The van der Waals surface area contributed by atoms with Crippen LogP contribution in [-0.4, -0.2) is 6.29 Å². The van der Waals surface area contributed by atoms with Crippen molar-refractivity contribution >= 4 is 22.2 Å². The summed E-state index contributed by atoms with van der Waals surface area (Å²) in [4.78, 5) is 10.2. The van der Waals surface area contributed by atoms with E-state index in [-0.39, 0.29) is 10.0 Å². The van der Waals surface area contributed by atoms with Gasteiger partial charge in [0.2, 0.25) is 0 Å². The van der Waals surface area contributed by atoms with Crippen molar-refractivity contribution in [2.24, 2.45) is 0 Å². The smallest absolute Gasteiger partial charge is 0.298 e. The van der Waals surface area contributed by atoms with Crippen molar-refractivity contribution in [3.63, 3.8) is 0 Å². The summed E-state index contributed by atoms with van der Waals surface area (Å²) in [7, 11) is 0. The van der Waals surface area contributed by atoms with Gasteiger partial charge in [0.25, 0.3) is 0 Å². The van der Waals surface area contributed by atoms with Gasteiger partial charge in [0.15, 0.2) is 0 Å². The SMILES string of the molecule is CC.O=Cc1cc(Br)cc(C(F)(F)F)c1. The van der Waals surface area contributed by atoms with Gasteiger partial charge in [-0.1, -0.05) is 29.8 Å². The molecule has 5 heteroatoms. The van der Waals surface area contributed by atoms with Crippen LogP contribution in [0.5, 0.6) is 0 Å². The van der Waals surface area contributed by atoms with Crippen LogP contribution < -0.4 is 0 Å². The zero-order valence-corrected chi connectivity index (χ0v) is 9.82. The predicted molar refractivity (Wildman–Crippen MR) is 55.9 cm³/mol. The molecule has 0 heterocycles. The van der Waals surface area contributed by atoms with Crippen LogP contribution in [0.25, 0.3) is 0 Å². The average molecular weight is 283 g/mol. The Morgan fingerprint density at radius 1 is 1.20 bits per heavy atom. The minimum atomic E-state index is -4.42. The molecule has 0 atom stereocenters. The highest BCUT2D eigenvalue weighted by atomic mass is 79.9. The lowest BCUT2D eigenvalue weighted by Crippen LogP contribution is -2.05. The van der Waals surface area contributed by atoms with Gasteiger partial charge in [-0.15, -0.1) is 0 Å². The van der Waals surface area contributed by atoms with Crippen molar-refractivity contribution in [1.82, 2.24) is 0 Å². The number of hydrogen-bond acceptors (Lipinski definition) is 1. The molecule has 0 N–H and O–H groups in total. The second-order valence-electron chi connectivity index (χ2n) is 2.39. The summed E-state index contributed by atoms with van der Waals surface area (Å²) in [6.45, 7) is 4.00. The van der Waals surface area contributed by atoms with Crippen LogP contribution in [-0.2, 0) is 6.18 Å². The van der Waals surface area contributed by atoms with E-state index in [1.54, 1.807) is 0 Å². The third-order valence-electron chi connectivity index (χ3n) is 1.38. The summed E-state index contributed by atoms with van der Waals surface area (Å²) in [6.07, 6.45) is -4.04. The quantitative estimate of drug-likeness (QED) is 0.702. The van der Waals surface area contributed by atoms with Crippen LogP contribution in [0.2, 0.25) is 0 Å². The van der Waals surface area contributed by atoms with Crippen LogP contribution in [0.3, 0.4) is 0 Å². The first-order valence-electron chi connectivity index (χ1n) is 4.26. The lowest BCUT2D eigenvalue weighted by atomic mass is 10.1. The molecule has 0 saturated carbocycles. The number of benzene rings is 1. The Kier molecular flexibility index (Phi) is 5.57. The normalized spacial score (nSPS) is 10.3. The highest BCUT2D eigenvalue weighted by Crippen LogP contribution is 2.31. The fraction of sp³-hybridized carbons (Fsp3) is 0.300. The topological polar surface area (TPSA) is 17.1 Å². The van der Waals surface area contributed by atoms with Gasteiger partial charge in [0.05, 0.1) is 5.56 Å². The molecule has 15 heavy (non-hydrogen) atoms. The van der Waals surface area contributed by atoms with Crippen molar-refractivity contribution in [1.29, 1.82) is 0 Å². The Labute approximate surface area is 94.4 Å². The van der Waals surface area contributed by atoms with Gasteiger partial charge in [0, 0.05) is 10.0 Å². The summed E-state index contributed by atoms with van der Waals surface area (Å²) in [6, 6.07) is 3.05. The first-order chi connectivity index (χ1) is 6.93. The number of alkyl halides is 3. The van der Waals surface area contributed by atoms with Crippen LogP contribution in [0.1, 0.15) is 29.8 Å². The molecule has 0 aliphatic carbocycles. The van der Waals surface area contributed by atoms with Crippen LogP contribution >= 0.6 is 15.9 Å². The molecule has 0 aliphatic heterocycles. The first-order valence-corrected chi connectivity index (χ1v) is 5.06. The second-order valence-corrected chi connectivity index (χ2v) is 3.30. The molecule has 0 fully saturated rings. The van der Waals surface area contributed by atoms with Gasteiger partial charge in [-0.3, -0.25) is 4.79 Å². The number of carbonyl (C=O) groups excluding carboxylic acids is 1. The standard InChI is InChI=1S/C8H4BrF3O.C2H6/c9-7-2-5(4-13)1-6(3-7)8(10,11)12;1-2/h1-4H;1-2H3. The molecular weight excluding hydrogens is 273 g/mol. The van der Waals surface area contributed by atoms with Crippen molar-refractivity contribution in [2.45, 2.75) is 20.0 Å². The summed E-state index contributed by atoms with van der Waals surface area (Å²) >= 11 is 2.89. The average Bonchev–Trinajstić information content (AvgIpc) is 2.18. The molecule has 84 valence electrons. The number of aldehydes is 1. The largest absolute Gasteiger partial charge is 0.416 e. The van der Waals surface area contributed by atoms with Crippen molar-refractivity contribution in [3.8, 4) is 0 Å². The van der Waals surface area contributed by atoms with Gasteiger partial charge in [0.1, 0.15) is 6.29 Å². The summed E-state index contributed by atoms with van der Waals surface area (Å²) in [5, 5.41) is 0. The highest BCUT2D eigenvalue weighted by Gasteiger charge is 2.30. The Morgan fingerprint density at radius 2 is 1.73 bits per heavy atom. The van der Waals surface area contributed by atoms with E-state index in [0.29, 0.717) is 6.29 Å². The van der Waals surface area contributed by atoms with E-state index >= 15 is 0 Å². The number of carbonyl (C=O) groups is 1. The van der Waals surface area contributed by atoms with Gasteiger partial charge in [-0.25, -0.2) is 0 Å². The Hall–Kier alpha value is -0.840. The molecule has 0 aliphatic rings. The van der Waals surface area contributed by atoms with Crippen LogP contribution in [0.15, 0.2) is 22.7 Å². The van der Waals surface area contributed by atoms with Crippen LogP contribution in [0, 0.1) is 0 Å². The number of rotatable bonds is 1. The highest BCUT2D eigenvalue weighted by molar-refractivity contribution is 9.10. The zero-order chi connectivity index (χ0) is 12.1. The molecule has 0 aromatic heterocycles. The fourth-order valence-corrected chi connectivity index (χ4v) is 1.35.